The molecule has 0 saturated carbocycles. The van der Waals surface area contributed by atoms with Gasteiger partial charge in [0.1, 0.15) is 5.82 Å². The fraction of sp³-hybridized carbons (Fsp3) is 0.333. The summed E-state index contributed by atoms with van der Waals surface area (Å²) in [6, 6.07) is 15.5. The molecule has 1 aromatic heterocycles. The highest BCUT2D eigenvalue weighted by molar-refractivity contribution is 5.89. The predicted octanol–water partition coefficient (Wildman–Crippen LogP) is 4.51. The fourth-order valence-corrected chi connectivity index (χ4v) is 4.02. The van der Waals surface area contributed by atoms with E-state index in [4.69, 9.17) is 9.47 Å². The zero-order chi connectivity index (χ0) is 21.6. The molecule has 0 bridgehead atoms. The van der Waals surface area contributed by atoms with Crippen molar-refractivity contribution in [3.63, 3.8) is 0 Å². The molecule has 1 aliphatic heterocycles. The number of piperidine rings is 1. The van der Waals surface area contributed by atoms with E-state index in [1.807, 2.05) is 41.6 Å². The van der Waals surface area contributed by atoms with Crippen LogP contribution in [0, 0.1) is 5.92 Å². The lowest BCUT2D eigenvalue weighted by molar-refractivity contribution is 0.177. The number of likely N-dealkylation sites (tertiary alicyclic amines) is 1. The van der Waals surface area contributed by atoms with E-state index in [1.54, 1.807) is 26.4 Å². The van der Waals surface area contributed by atoms with E-state index >= 15 is 0 Å². The Balaban J connectivity index is 1.32. The minimum Gasteiger partial charge on any atom is -0.493 e. The molecule has 1 saturated heterocycles. The van der Waals surface area contributed by atoms with Gasteiger partial charge in [0.15, 0.2) is 11.5 Å². The van der Waals surface area contributed by atoms with Crippen LogP contribution in [0.25, 0.3) is 11.4 Å². The van der Waals surface area contributed by atoms with Crippen molar-refractivity contribution in [2.45, 2.75) is 19.4 Å². The smallest absolute Gasteiger partial charge is 0.321 e. The summed E-state index contributed by atoms with van der Waals surface area (Å²) in [4.78, 5) is 19.1. The van der Waals surface area contributed by atoms with Crippen molar-refractivity contribution in [3.05, 3.63) is 60.9 Å². The average molecular weight is 421 g/mol. The van der Waals surface area contributed by atoms with Crippen LogP contribution in [0.3, 0.4) is 0 Å². The van der Waals surface area contributed by atoms with Gasteiger partial charge in [0.05, 0.1) is 14.2 Å². The number of carbonyl (C=O) groups is 1. The third-order valence-electron chi connectivity index (χ3n) is 5.74. The van der Waals surface area contributed by atoms with E-state index in [9.17, 15) is 4.79 Å². The van der Waals surface area contributed by atoms with Crippen molar-refractivity contribution >= 4 is 11.7 Å². The summed E-state index contributed by atoms with van der Waals surface area (Å²) in [5.41, 5.74) is 1.81. The largest absolute Gasteiger partial charge is 0.493 e. The van der Waals surface area contributed by atoms with Gasteiger partial charge in [-0.05, 0) is 30.9 Å². The molecule has 1 aliphatic rings. The number of imidazole rings is 1. The molecule has 0 atom stereocenters. The summed E-state index contributed by atoms with van der Waals surface area (Å²) in [5.74, 6) is 2.74. The van der Waals surface area contributed by atoms with Crippen molar-refractivity contribution in [2.24, 2.45) is 5.92 Å². The Morgan fingerprint density at radius 1 is 1.06 bits per heavy atom. The van der Waals surface area contributed by atoms with Crippen molar-refractivity contribution in [3.8, 4) is 22.9 Å². The van der Waals surface area contributed by atoms with Gasteiger partial charge in [0.25, 0.3) is 0 Å². The molecular weight excluding hydrogens is 392 g/mol. The number of hydrogen-bond acceptors (Lipinski definition) is 4. The first kappa shape index (κ1) is 20.8. The van der Waals surface area contributed by atoms with Crippen LogP contribution in [0.4, 0.5) is 10.5 Å². The fourth-order valence-electron chi connectivity index (χ4n) is 4.02. The van der Waals surface area contributed by atoms with Gasteiger partial charge in [-0.25, -0.2) is 9.78 Å². The molecule has 7 heteroatoms. The molecule has 1 fully saturated rings. The Hall–Kier alpha value is -3.48. The molecule has 0 unspecified atom stereocenters. The van der Waals surface area contributed by atoms with E-state index < -0.39 is 0 Å². The van der Waals surface area contributed by atoms with Crippen LogP contribution < -0.4 is 14.8 Å². The van der Waals surface area contributed by atoms with Gasteiger partial charge in [-0.2, -0.15) is 0 Å². The molecule has 0 aliphatic carbocycles. The zero-order valence-electron chi connectivity index (χ0n) is 18.0. The van der Waals surface area contributed by atoms with Crippen LogP contribution in [-0.2, 0) is 6.54 Å². The van der Waals surface area contributed by atoms with Crippen LogP contribution in [0.15, 0.2) is 60.9 Å². The summed E-state index contributed by atoms with van der Waals surface area (Å²) in [6.45, 7) is 2.38. The number of carbonyl (C=O) groups excluding carboxylic acids is 1. The van der Waals surface area contributed by atoms with Gasteiger partial charge in [-0.3, -0.25) is 0 Å². The Morgan fingerprint density at radius 2 is 1.81 bits per heavy atom. The molecule has 3 aromatic rings. The van der Waals surface area contributed by atoms with Crippen molar-refractivity contribution in [1.29, 1.82) is 0 Å². The number of urea groups is 1. The SMILES string of the molecule is COc1ccc(NC(=O)N2CCC(Cn3ccnc3-c3ccccc3)CC2)cc1OC. The summed E-state index contributed by atoms with van der Waals surface area (Å²) in [5, 5.41) is 2.96. The van der Waals surface area contributed by atoms with Gasteiger partial charge in [0.2, 0.25) is 0 Å². The summed E-state index contributed by atoms with van der Waals surface area (Å²) < 4.78 is 12.8. The average Bonchev–Trinajstić information content (AvgIpc) is 3.28. The third kappa shape index (κ3) is 4.82. The van der Waals surface area contributed by atoms with Gasteiger partial charge in [-0.1, -0.05) is 30.3 Å². The molecule has 31 heavy (non-hydrogen) atoms. The number of amides is 2. The van der Waals surface area contributed by atoms with Crippen LogP contribution in [-0.4, -0.2) is 47.8 Å². The maximum atomic E-state index is 12.7. The monoisotopic (exact) mass is 420 g/mol. The van der Waals surface area contributed by atoms with E-state index in [1.165, 1.54) is 0 Å². The number of hydrogen-bond donors (Lipinski definition) is 1. The molecular formula is C24H28N4O3. The third-order valence-corrected chi connectivity index (χ3v) is 5.74. The molecule has 0 spiro atoms. The summed E-state index contributed by atoms with van der Waals surface area (Å²) >= 11 is 0. The standard InChI is InChI=1S/C24H28N4O3/c1-30-21-9-8-20(16-22(21)31-2)26-24(29)27-13-10-18(11-14-27)17-28-15-12-25-23(28)19-6-4-3-5-7-19/h3-9,12,15-16,18H,10-11,13-14,17H2,1-2H3,(H,26,29). The maximum Gasteiger partial charge on any atom is 0.321 e. The molecule has 4 rings (SSSR count). The zero-order valence-corrected chi connectivity index (χ0v) is 18.0. The van der Waals surface area contributed by atoms with Crippen LogP contribution in [0.2, 0.25) is 0 Å². The highest BCUT2D eigenvalue weighted by Crippen LogP contribution is 2.30. The second-order valence-corrected chi connectivity index (χ2v) is 7.70. The van der Waals surface area contributed by atoms with Crippen LogP contribution in [0.5, 0.6) is 11.5 Å². The summed E-state index contributed by atoms with van der Waals surface area (Å²) in [7, 11) is 3.17. The number of anilines is 1. The molecule has 0 radical (unpaired) electrons. The van der Waals surface area contributed by atoms with Gasteiger partial charge in [0, 0.05) is 49.3 Å². The van der Waals surface area contributed by atoms with E-state index in [-0.39, 0.29) is 6.03 Å². The second kappa shape index (κ2) is 9.55. The minimum atomic E-state index is -0.0849. The lowest BCUT2D eigenvalue weighted by atomic mass is 9.97. The van der Waals surface area contributed by atoms with Crippen molar-refractivity contribution < 1.29 is 14.3 Å². The Bertz CT molecular complexity index is 1010. The normalized spacial score (nSPS) is 14.3. The van der Waals surface area contributed by atoms with Crippen molar-refractivity contribution in [2.75, 3.05) is 32.6 Å². The van der Waals surface area contributed by atoms with Crippen LogP contribution >= 0.6 is 0 Å². The highest BCUT2D eigenvalue weighted by Gasteiger charge is 2.24. The highest BCUT2D eigenvalue weighted by atomic mass is 16.5. The number of benzene rings is 2. The molecule has 162 valence electrons. The Labute approximate surface area is 182 Å². The first-order valence-electron chi connectivity index (χ1n) is 10.5. The van der Waals surface area contributed by atoms with Gasteiger partial charge < -0.3 is 24.3 Å². The minimum absolute atomic E-state index is 0.0849. The quantitative estimate of drug-likeness (QED) is 0.637. The predicted molar refractivity (Wildman–Crippen MR) is 121 cm³/mol. The van der Waals surface area contributed by atoms with Gasteiger partial charge >= 0.3 is 6.03 Å². The molecule has 7 nitrogen and oxygen atoms in total. The lowest BCUT2D eigenvalue weighted by Crippen LogP contribution is -2.41. The molecule has 2 amide bonds. The maximum absolute atomic E-state index is 12.7. The Morgan fingerprint density at radius 3 is 2.52 bits per heavy atom. The van der Waals surface area contributed by atoms with Crippen molar-refractivity contribution in [1.82, 2.24) is 14.5 Å². The first-order valence-corrected chi connectivity index (χ1v) is 10.5. The number of rotatable bonds is 6. The van der Waals surface area contributed by atoms with E-state index in [0.29, 0.717) is 23.1 Å². The molecule has 2 aromatic carbocycles. The lowest BCUT2D eigenvalue weighted by Gasteiger charge is -2.32. The Kier molecular flexibility index (Phi) is 6.40. The second-order valence-electron chi connectivity index (χ2n) is 7.70. The summed E-state index contributed by atoms with van der Waals surface area (Å²) in [6.07, 6.45) is 5.82. The molecule has 1 N–H and O–H groups in total. The number of nitrogens with one attached hydrogen (secondary N) is 1. The van der Waals surface area contributed by atoms with E-state index in [2.05, 4.69) is 27.0 Å². The number of nitrogens with zero attached hydrogens (tertiary/aromatic N) is 3. The van der Waals surface area contributed by atoms with Crippen LogP contribution in [0.1, 0.15) is 12.8 Å². The van der Waals surface area contributed by atoms with Gasteiger partial charge in [-0.15, -0.1) is 0 Å². The molecule has 2 heterocycles. The number of ether oxygens (including phenoxy) is 2. The van der Waals surface area contributed by atoms with E-state index in [0.717, 1.165) is 43.9 Å². The number of methoxy groups -OCH3 is 2. The first-order chi connectivity index (χ1) is 15.2. The topological polar surface area (TPSA) is 68.6 Å². The number of aromatic nitrogens is 2.